The van der Waals surface area contributed by atoms with E-state index in [1.165, 1.54) is 0 Å². The van der Waals surface area contributed by atoms with Crippen LogP contribution in [0.5, 0.6) is 0 Å². The minimum atomic E-state index is 0.695. The largest absolute Gasteiger partial charge is 0.381 e. The van der Waals surface area contributed by atoms with Crippen LogP contribution in [0.15, 0.2) is 6.07 Å². The van der Waals surface area contributed by atoms with E-state index >= 15 is 0 Å². The Bertz CT molecular complexity index is 369. The van der Waals surface area contributed by atoms with Gasteiger partial charge >= 0.3 is 0 Å². The van der Waals surface area contributed by atoms with Crippen molar-refractivity contribution in [3.8, 4) is 0 Å². The number of ether oxygens (including phenoxy) is 1. The molecule has 0 saturated carbocycles. The predicted molar refractivity (Wildman–Crippen MR) is 68.3 cm³/mol. The van der Waals surface area contributed by atoms with Gasteiger partial charge in [0.1, 0.15) is 0 Å². The third-order valence-electron chi connectivity index (χ3n) is 1.99. The zero-order valence-corrected chi connectivity index (χ0v) is 10.7. The smallest absolute Gasteiger partial charge is 0.0790 e. The van der Waals surface area contributed by atoms with Crippen molar-refractivity contribution in [1.29, 1.82) is 0 Å². The van der Waals surface area contributed by atoms with Crippen LogP contribution in [0.3, 0.4) is 0 Å². The van der Waals surface area contributed by atoms with Gasteiger partial charge in [-0.25, -0.2) is 0 Å². The Balaban J connectivity index is 2.01. The monoisotopic (exact) mass is 244 g/mol. The van der Waals surface area contributed by atoms with Gasteiger partial charge in [-0.1, -0.05) is 24.4 Å². The van der Waals surface area contributed by atoms with E-state index in [0.717, 1.165) is 34.4 Å². The first kappa shape index (κ1) is 12.7. The number of nitrogens with one attached hydrogen (secondary N) is 1. The molecule has 5 heteroatoms. The minimum absolute atomic E-state index is 0.695. The Kier molecular flexibility index (Phi) is 5.31. The van der Waals surface area contributed by atoms with Gasteiger partial charge in [0.05, 0.1) is 27.9 Å². The highest BCUT2D eigenvalue weighted by Gasteiger charge is 2.00. The quantitative estimate of drug-likeness (QED) is 0.584. The summed E-state index contributed by atoms with van der Waals surface area (Å²) in [6.07, 6.45) is 0. The van der Waals surface area contributed by atoms with Crippen LogP contribution in [0.1, 0.15) is 0 Å². The molecule has 0 aliphatic carbocycles. The molecular formula is C10H16N2OS2. The lowest BCUT2D eigenvalue weighted by Gasteiger charge is -2.11. The topological polar surface area (TPSA) is 24.5 Å². The molecule has 84 valence electrons. The van der Waals surface area contributed by atoms with E-state index in [-0.39, 0.29) is 0 Å². The van der Waals surface area contributed by atoms with Crippen molar-refractivity contribution in [2.45, 2.75) is 0 Å². The van der Waals surface area contributed by atoms with Gasteiger partial charge < -0.3 is 15.0 Å². The van der Waals surface area contributed by atoms with Gasteiger partial charge in [0, 0.05) is 13.1 Å². The summed E-state index contributed by atoms with van der Waals surface area (Å²) in [4.78, 5) is 2.09. The summed E-state index contributed by atoms with van der Waals surface area (Å²) >= 11 is 9.98. The molecule has 0 radical (unpaired) electrons. The molecule has 15 heavy (non-hydrogen) atoms. The molecule has 1 aromatic carbocycles. The lowest BCUT2D eigenvalue weighted by Crippen LogP contribution is -2.20. The van der Waals surface area contributed by atoms with Crippen LogP contribution in [0, 0.1) is 9.02 Å². The van der Waals surface area contributed by atoms with Gasteiger partial charge in [-0.15, -0.1) is 0 Å². The summed E-state index contributed by atoms with van der Waals surface area (Å²) in [6, 6.07) is 1.89. The SMILES string of the molecule is CN(C)CCOCCNc1cc(=S)c1=S. The molecule has 0 amide bonds. The molecule has 0 aliphatic heterocycles. The molecular weight excluding hydrogens is 228 g/mol. The van der Waals surface area contributed by atoms with Crippen molar-refractivity contribution in [3.05, 3.63) is 15.1 Å². The maximum absolute atomic E-state index is 5.42. The summed E-state index contributed by atoms with van der Waals surface area (Å²) in [5, 5.41) is 3.18. The predicted octanol–water partition coefficient (Wildman–Crippen LogP) is 2.01. The highest BCUT2D eigenvalue weighted by Crippen LogP contribution is 2.16. The number of nitrogens with zero attached hydrogens (tertiary/aromatic N) is 1. The summed E-state index contributed by atoms with van der Waals surface area (Å²) in [7, 11) is 4.06. The molecule has 0 heterocycles. The number of hydrogen-bond donors (Lipinski definition) is 1. The lowest BCUT2D eigenvalue weighted by molar-refractivity contribution is 0.126. The Hall–Kier alpha value is -0.360. The second kappa shape index (κ2) is 6.27. The molecule has 0 bridgehead atoms. The maximum Gasteiger partial charge on any atom is 0.0790 e. The molecule has 0 aliphatic rings. The second-order valence-electron chi connectivity index (χ2n) is 3.59. The Labute approximate surface area is 101 Å². The highest BCUT2D eigenvalue weighted by molar-refractivity contribution is 7.74. The molecule has 0 unspecified atom stereocenters. The molecule has 0 aromatic heterocycles. The van der Waals surface area contributed by atoms with Crippen LogP contribution < -0.4 is 5.32 Å². The van der Waals surface area contributed by atoms with E-state index < -0.39 is 0 Å². The van der Waals surface area contributed by atoms with Gasteiger partial charge in [-0.3, -0.25) is 0 Å². The van der Waals surface area contributed by atoms with Crippen molar-refractivity contribution < 1.29 is 4.74 Å². The van der Waals surface area contributed by atoms with Gasteiger partial charge in [-0.05, 0) is 20.2 Å². The first-order valence-corrected chi connectivity index (χ1v) is 5.69. The standard InChI is InChI=1S/C10H16N2OS2/c1-12(2)4-6-13-5-3-11-8-7-9(14)10(8)15/h7,11H,3-6H2,1-2H3. The first-order valence-electron chi connectivity index (χ1n) is 4.88. The summed E-state index contributed by atoms with van der Waals surface area (Å²) in [6.45, 7) is 3.18. The fourth-order valence-corrected chi connectivity index (χ4v) is 1.47. The van der Waals surface area contributed by atoms with E-state index in [1.807, 2.05) is 20.2 Å². The van der Waals surface area contributed by atoms with Crippen LogP contribution in [-0.2, 0) is 4.74 Å². The number of hydrogen-bond acceptors (Lipinski definition) is 5. The fourth-order valence-electron chi connectivity index (χ4n) is 1.06. The van der Waals surface area contributed by atoms with E-state index in [2.05, 4.69) is 10.2 Å². The molecule has 0 atom stereocenters. The summed E-state index contributed by atoms with van der Waals surface area (Å²) < 4.78 is 6.97. The number of likely N-dealkylation sites (N-methyl/N-ethyl adjacent to an activating group) is 1. The fraction of sp³-hybridized carbons (Fsp3) is 0.600. The van der Waals surface area contributed by atoms with Gasteiger partial charge in [-0.2, -0.15) is 0 Å². The van der Waals surface area contributed by atoms with Crippen molar-refractivity contribution in [2.75, 3.05) is 45.7 Å². The van der Waals surface area contributed by atoms with Crippen LogP contribution in [0.25, 0.3) is 0 Å². The van der Waals surface area contributed by atoms with E-state index in [4.69, 9.17) is 29.2 Å². The van der Waals surface area contributed by atoms with Crippen LogP contribution >= 0.6 is 24.4 Å². The third kappa shape index (κ3) is 4.34. The Morgan fingerprint density at radius 2 is 2.07 bits per heavy atom. The highest BCUT2D eigenvalue weighted by atomic mass is 32.1. The number of anilines is 1. The van der Waals surface area contributed by atoms with E-state index in [0.29, 0.717) is 6.61 Å². The van der Waals surface area contributed by atoms with Crippen molar-refractivity contribution >= 4 is 30.1 Å². The zero-order valence-electron chi connectivity index (χ0n) is 9.08. The molecule has 1 N–H and O–H groups in total. The second-order valence-corrected chi connectivity index (χ2v) is 4.44. The first-order chi connectivity index (χ1) is 7.11. The van der Waals surface area contributed by atoms with E-state index in [1.54, 1.807) is 0 Å². The van der Waals surface area contributed by atoms with Crippen molar-refractivity contribution in [2.24, 2.45) is 0 Å². The summed E-state index contributed by atoms with van der Waals surface area (Å²) in [5.74, 6) is 0. The van der Waals surface area contributed by atoms with Gasteiger partial charge in [0.2, 0.25) is 0 Å². The van der Waals surface area contributed by atoms with Gasteiger partial charge in [0.15, 0.2) is 0 Å². The molecule has 1 rings (SSSR count). The average Bonchev–Trinajstić information content (AvgIpc) is 2.20. The van der Waals surface area contributed by atoms with Crippen LogP contribution in [0.2, 0.25) is 0 Å². The minimum Gasteiger partial charge on any atom is -0.381 e. The Morgan fingerprint density at radius 1 is 1.33 bits per heavy atom. The average molecular weight is 244 g/mol. The molecule has 1 aromatic rings. The van der Waals surface area contributed by atoms with Crippen LogP contribution in [-0.4, -0.2) is 45.3 Å². The molecule has 0 fully saturated rings. The molecule has 0 spiro atoms. The molecule has 3 nitrogen and oxygen atoms in total. The van der Waals surface area contributed by atoms with E-state index in [9.17, 15) is 0 Å². The third-order valence-corrected chi connectivity index (χ3v) is 2.88. The normalized spacial score (nSPS) is 11.1. The Morgan fingerprint density at radius 3 is 2.60 bits per heavy atom. The zero-order chi connectivity index (χ0) is 11.3. The molecule has 0 saturated heterocycles. The van der Waals surface area contributed by atoms with Crippen molar-refractivity contribution in [1.82, 2.24) is 4.90 Å². The van der Waals surface area contributed by atoms with Crippen molar-refractivity contribution in [3.63, 3.8) is 0 Å². The lowest BCUT2D eigenvalue weighted by atomic mass is 10.3. The summed E-state index contributed by atoms with van der Waals surface area (Å²) in [5.41, 5.74) is 0.978. The van der Waals surface area contributed by atoms with Gasteiger partial charge in [0.25, 0.3) is 0 Å². The maximum atomic E-state index is 5.42. The van der Waals surface area contributed by atoms with Crippen LogP contribution in [0.4, 0.5) is 5.69 Å². The number of rotatable bonds is 7.